The summed E-state index contributed by atoms with van der Waals surface area (Å²) in [4.78, 5) is 0. The van der Waals surface area contributed by atoms with E-state index in [0.29, 0.717) is 11.3 Å². The second-order valence-corrected chi connectivity index (χ2v) is 5.45. The first-order valence-corrected chi connectivity index (χ1v) is 6.80. The van der Waals surface area contributed by atoms with Gasteiger partial charge in [0.15, 0.2) is 5.88 Å². The van der Waals surface area contributed by atoms with E-state index in [1.807, 2.05) is 12.1 Å². The van der Waals surface area contributed by atoms with Crippen molar-refractivity contribution in [2.45, 2.75) is 5.88 Å². The summed E-state index contributed by atoms with van der Waals surface area (Å²) < 4.78 is 2.97. The molecule has 0 fully saturated rings. The van der Waals surface area contributed by atoms with Crippen LogP contribution < -0.4 is 0 Å². The van der Waals surface area contributed by atoms with Crippen LogP contribution in [-0.4, -0.2) is 14.8 Å². The van der Waals surface area contributed by atoms with E-state index in [1.165, 1.54) is 10.6 Å². The van der Waals surface area contributed by atoms with Crippen LogP contribution in [0.25, 0.3) is 5.69 Å². The second-order valence-electron chi connectivity index (χ2n) is 3.42. The highest BCUT2D eigenvalue weighted by Gasteiger charge is 2.16. The summed E-state index contributed by atoms with van der Waals surface area (Å²) in [5, 5.41) is 19.7. The quantitative estimate of drug-likeness (QED) is 0.768. The van der Waals surface area contributed by atoms with Gasteiger partial charge in [-0.3, -0.25) is 4.57 Å². The molecule has 0 aliphatic rings. The van der Waals surface area contributed by atoms with Crippen molar-refractivity contribution in [1.29, 1.82) is 0 Å². The summed E-state index contributed by atoms with van der Waals surface area (Å²) in [6, 6.07) is 6.86. The van der Waals surface area contributed by atoms with Crippen LogP contribution in [-0.2, 0) is 5.88 Å². The molecule has 2 N–H and O–H groups in total. The fourth-order valence-electron chi connectivity index (χ4n) is 1.54. The number of aromatic hydroxyl groups is 2. The highest BCUT2D eigenvalue weighted by molar-refractivity contribution is 9.11. The number of benzene rings is 1. The Balaban J connectivity index is 2.64. The maximum Gasteiger partial charge on any atom is 0.203 e. The molecule has 1 aromatic heterocycles. The van der Waals surface area contributed by atoms with Crippen LogP contribution in [0.15, 0.2) is 33.2 Å². The molecule has 3 nitrogen and oxygen atoms in total. The molecule has 2 aromatic rings. The lowest BCUT2D eigenvalue weighted by atomic mass is 10.3. The van der Waals surface area contributed by atoms with E-state index in [2.05, 4.69) is 31.9 Å². The Hall–Kier alpha value is -0.650. The third-order valence-corrected chi connectivity index (χ3v) is 3.74. The summed E-state index contributed by atoms with van der Waals surface area (Å²) in [6.45, 7) is 0. The van der Waals surface area contributed by atoms with Crippen molar-refractivity contribution in [3.05, 3.63) is 38.8 Å². The Morgan fingerprint density at radius 3 is 2.41 bits per heavy atom. The van der Waals surface area contributed by atoms with Crippen molar-refractivity contribution in [2.24, 2.45) is 0 Å². The van der Waals surface area contributed by atoms with Crippen LogP contribution in [0.2, 0.25) is 0 Å². The number of halogens is 3. The Kier molecular flexibility index (Phi) is 3.70. The Morgan fingerprint density at radius 2 is 1.88 bits per heavy atom. The van der Waals surface area contributed by atoms with Crippen molar-refractivity contribution in [2.75, 3.05) is 0 Å². The van der Waals surface area contributed by atoms with Gasteiger partial charge in [0.05, 0.1) is 11.6 Å². The summed E-state index contributed by atoms with van der Waals surface area (Å²) >= 11 is 12.4. The Morgan fingerprint density at radius 1 is 1.18 bits per heavy atom. The smallest absolute Gasteiger partial charge is 0.203 e. The number of alkyl halides is 1. The second kappa shape index (κ2) is 4.92. The molecule has 0 aliphatic carbocycles. The van der Waals surface area contributed by atoms with Crippen LogP contribution in [0.1, 0.15) is 5.56 Å². The van der Waals surface area contributed by atoms with Gasteiger partial charge in [-0.2, -0.15) is 0 Å². The number of hydrogen-bond donors (Lipinski definition) is 2. The fraction of sp³-hybridized carbons (Fsp3) is 0.0909. The van der Waals surface area contributed by atoms with Gasteiger partial charge in [0, 0.05) is 20.6 Å². The lowest BCUT2D eigenvalue weighted by Gasteiger charge is -2.09. The van der Waals surface area contributed by atoms with Crippen molar-refractivity contribution >= 4 is 43.5 Å². The minimum absolute atomic E-state index is 0.0545. The standard InChI is InChI=1S/C11H8Br2ClNO2/c12-7-1-2-9(8(13)4-7)15-10(16)3-6(5-14)11(15)17/h1-4,16-17H,5H2. The van der Waals surface area contributed by atoms with E-state index in [-0.39, 0.29) is 17.6 Å². The molecule has 0 saturated heterocycles. The SMILES string of the molecule is Oc1cc(CCl)c(O)n1-c1ccc(Br)cc1Br. The van der Waals surface area contributed by atoms with Crippen molar-refractivity contribution in [3.8, 4) is 17.4 Å². The Labute approximate surface area is 120 Å². The topological polar surface area (TPSA) is 45.4 Å². The maximum atomic E-state index is 9.94. The molecular weight excluding hydrogens is 373 g/mol. The first-order chi connectivity index (χ1) is 8.04. The third-order valence-electron chi connectivity index (χ3n) is 2.33. The van der Waals surface area contributed by atoms with Gasteiger partial charge in [-0.15, -0.1) is 11.6 Å². The average Bonchev–Trinajstić information content (AvgIpc) is 2.55. The van der Waals surface area contributed by atoms with Gasteiger partial charge in [-0.25, -0.2) is 0 Å². The maximum absolute atomic E-state index is 9.94. The molecule has 0 bridgehead atoms. The summed E-state index contributed by atoms with van der Waals surface area (Å²) in [7, 11) is 0. The van der Waals surface area contributed by atoms with Gasteiger partial charge in [0.1, 0.15) is 0 Å². The van der Waals surface area contributed by atoms with E-state index in [4.69, 9.17) is 11.6 Å². The molecule has 6 heteroatoms. The van der Waals surface area contributed by atoms with Crippen LogP contribution in [0.4, 0.5) is 0 Å². The molecular formula is C11H8Br2ClNO2. The first-order valence-electron chi connectivity index (χ1n) is 4.68. The van der Waals surface area contributed by atoms with Crippen molar-refractivity contribution < 1.29 is 10.2 Å². The molecule has 0 atom stereocenters. The monoisotopic (exact) mass is 379 g/mol. The molecule has 17 heavy (non-hydrogen) atoms. The van der Waals surface area contributed by atoms with Gasteiger partial charge in [0.25, 0.3) is 0 Å². The van der Waals surface area contributed by atoms with E-state index >= 15 is 0 Å². The molecule has 1 aromatic carbocycles. The third kappa shape index (κ3) is 2.32. The molecule has 1 heterocycles. The number of hydrogen-bond acceptors (Lipinski definition) is 2. The lowest BCUT2D eigenvalue weighted by molar-refractivity contribution is 0.401. The largest absolute Gasteiger partial charge is 0.494 e. The zero-order chi connectivity index (χ0) is 12.6. The van der Waals surface area contributed by atoms with E-state index < -0.39 is 0 Å². The van der Waals surface area contributed by atoms with Gasteiger partial charge in [0.2, 0.25) is 5.88 Å². The average molecular weight is 381 g/mol. The normalized spacial score (nSPS) is 10.8. The fourth-order valence-corrected chi connectivity index (χ4v) is 2.96. The number of nitrogens with zero attached hydrogens (tertiary/aromatic N) is 1. The van der Waals surface area contributed by atoms with Crippen LogP contribution in [0.3, 0.4) is 0 Å². The molecule has 0 amide bonds. The lowest BCUT2D eigenvalue weighted by Crippen LogP contribution is -1.94. The van der Waals surface area contributed by atoms with Gasteiger partial charge < -0.3 is 10.2 Å². The molecule has 0 radical (unpaired) electrons. The van der Waals surface area contributed by atoms with Gasteiger partial charge in [-0.05, 0) is 34.1 Å². The molecule has 0 spiro atoms. The summed E-state index contributed by atoms with van der Waals surface area (Å²) in [6.07, 6.45) is 0. The van der Waals surface area contributed by atoms with E-state index in [9.17, 15) is 10.2 Å². The van der Waals surface area contributed by atoms with Crippen LogP contribution >= 0.6 is 43.5 Å². The highest BCUT2D eigenvalue weighted by Crippen LogP contribution is 2.36. The van der Waals surface area contributed by atoms with Gasteiger partial charge >= 0.3 is 0 Å². The number of aromatic nitrogens is 1. The highest BCUT2D eigenvalue weighted by atomic mass is 79.9. The predicted octanol–water partition coefficient (Wildman–Crippen LogP) is 4.15. The molecule has 0 aliphatic heterocycles. The molecule has 0 unspecified atom stereocenters. The Bertz CT molecular complexity index is 569. The van der Waals surface area contributed by atoms with E-state index in [0.717, 1.165) is 8.95 Å². The van der Waals surface area contributed by atoms with E-state index in [1.54, 1.807) is 6.07 Å². The van der Waals surface area contributed by atoms with Crippen LogP contribution in [0, 0.1) is 0 Å². The zero-order valence-electron chi connectivity index (χ0n) is 8.49. The minimum atomic E-state index is -0.0551. The molecule has 0 saturated carbocycles. The first kappa shape index (κ1) is 12.8. The van der Waals surface area contributed by atoms with Crippen molar-refractivity contribution in [3.63, 3.8) is 0 Å². The van der Waals surface area contributed by atoms with Crippen molar-refractivity contribution in [1.82, 2.24) is 4.57 Å². The summed E-state index contributed by atoms with van der Waals surface area (Å²) in [5.41, 5.74) is 1.12. The minimum Gasteiger partial charge on any atom is -0.494 e. The molecule has 90 valence electrons. The molecule has 2 rings (SSSR count). The van der Waals surface area contributed by atoms with Gasteiger partial charge in [-0.1, -0.05) is 15.9 Å². The summed E-state index contributed by atoms with van der Waals surface area (Å²) in [5.74, 6) is 0.0299. The van der Waals surface area contributed by atoms with Crippen LogP contribution in [0.5, 0.6) is 11.8 Å². The number of rotatable bonds is 2. The predicted molar refractivity (Wildman–Crippen MR) is 74.1 cm³/mol. The zero-order valence-corrected chi connectivity index (χ0v) is 12.4.